The zero-order chi connectivity index (χ0) is 21.2. The first kappa shape index (κ1) is 26.3. The second-order valence-electron chi connectivity index (χ2n) is 8.63. The summed E-state index contributed by atoms with van der Waals surface area (Å²) in [4.78, 5) is 6.84. The van der Waals surface area contributed by atoms with Crippen LogP contribution in [0.25, 0.3) is 0 Å². The average molecular weight is 546 g/mol. The summed E-state index contributed by atoms with van der Waals surface area (Å²) in [7, 11) is 1.81. The molecule has 1 aromatic carbocycles. The summed E-state index contributed by atoms with van der Waals surface area (Å²) >= 11 is 0. The van der Waals surface area contributed by atoms with Gasteiger partial charge in [0.2, 0.25) is 0 Å². The molecule has 2 heterocycles. The van der Waals surface area contributed by atoms with Gasteiger partial charge in [0, 0.05) is 52.0 Å². The van der Waals surface area contributed by atoms with E-state index in [0.29, 0.717) is 12.7 Å². The van der Waals surface area contributed by atoms with Gasteiger partial charge in [-0.15, -0.1) is 24.0 Å². The number of nitrogens with zero attached hydrogens (tertiary/aromatic N) is 2. The number of aliphatic imine (C=N–C) groups is 1. The monoisotopic (exact) mass is 546 g/mol. The number of benzene rings is 1. The van der Waals surface area contributed by atoms with Gasteiger partial charge in [0.05, 0.1) is 25.9 Å². The minimum Gasteiger partial charge on any atom is -0.381 e. The molecule has 2 aliphatic rings. The van der Waals surface area contributed by atoms with E-state index in [-0.39, 0.29) is 29.5 Å². The van der Waals surface area contributed by atoms with Gasteiger partial charge in [-0.3, -0.25) is 9.89 Å². The van der Waals surface area contributed by atoms with Gasteiger partial charge in [0.15, 0.2) is 5.96 Å². The zero-order valence-electron chi connectivity index (χ0n) is 19.2. The fourth-order valence-electron chi connectivity index (χ4n) is 3.80. The molecule has 0 aliphatic carbocycles. The average Bonchev–Trinajstić information content (AvgIpc) is 2.80. The Kier molecular flexibility index (Phi) is 11.5. The Bertz CT molecular complexity index is 657. The Morgan fingerprint density at radius 3 is 2.29 bits per heavy atom. The first-order chi connectivity index (χ1) is 14.6. The Hall–Kier alpha value is -0.940. The third kappa shape index (κ3) is 8.84. The van der Waals surface area contributed by atoms with Crippen LogP contribution >= 0.6 is 24.0 Å². The lowest BCUT2D eigenvalue weighted by atomic mass is 10.0. The van der Waals surface area contributed by atoms with Crippen molar-refractivity contribution in [3.63, 3.8) is 0 Å². The lowest BCUT2D eigenvalue weighted by Gasteiger charge is -2.41. The van der Waals surface area contributed by atoms with Crippen LogP contribution in [0.3, 0.4) is 0 Å². The van der Waals surface area contributed by atoms with Crippen molar-refractivity contribution < 1.29 is 14.2 Å². The molecule has 176 valence electrons. The third-order valence-electron chi connectivity index (χ3n) is 5.92. The molecule has 0 amide bonds. The smallest absolute Gasteiger partial charge is 0.191 e. The van der Waals surface area contributed by atoms with Crippen molar-refractivity contribution >= 4 is 29.9 Å². The van der Waals surface area contributed by atoms with Gasteiger partial charge >= 0.3 is 0 Å². The first-order valence-corrected chi connectivity index (χ1v) is 11.1. The molecule has 3 rings (SSSR count). The maximum atomic E-state index is 6.00. The third-order valence-corrected chi connectivity index (χ3v) is 5.92. The highest BCUT2D eigenvalue weighted by molar-refractivity contribution is 14.0. The molecule has 0 unspecified atom stereocenters. The number of halogens is 1. The van der Waals surface area contributed by atoms with Crippen LogP contribution in [0, 0.1) is 0 Å². The zero-order valence-corrected chi connectivity index (χ0v) is 21.5. The molecular formula is C23H39IN4O3. The molecule has 0 saturated carbocycles. The predicted octanol–water partition coefficient (Wildman–Crippen LogP) is 2.78. The van der Waals surface area contributed by atoms with Gasteiger partial charge in [-0.1, -0.05) is 24.3 Å². The van der Waals surface area contributed by atoms with Crippen LogP contribution < -0.4 is 10.6 Å². The Morgan fingerprint density at radius 1 is 1.03 bits per heavy atom. The van der Waals surface area contributed by atoms with E-state index >= 15 is 0 Å². The molecule has 0 atom stereocenters. The van der Waals surface area contributed by atoms with Gasteiger partial charge in [0.25, 0.3) is 0 Å². The molecule has 2 saturated heterocycles. The molecule has 2 aliphatic heterocycles. The van der Waals surface area contributed by atoms with Crippen molar-refractivity contribution in [2.75, 3.05) is 53.1 Å². The van der Waals surface area contributed by atoms with Crippen LogP contribution in [0.1, 0.15) is 37.8 Å². The molecule has 0 spiro atoms. The minimum absolute atomic E-state index is 0. The van der Waals surface area contributed by atoms with Crippen molar-refractivity contribution in [2.24, 2.45) is 4.99 Å². The Morgan fingerprint density at radius 2 is 1.65 bits per heavy atom. The highest BCUT2D eigenvalue weighted by Gasteiger charge is 2.28. The molecule has 7 nitrogen and oxygen atoms in total. The van der Waals surface area contributed by atoms with E-state index in [4.69, 9.17) is 14.2 Å². The second kappa shape index (κ2) is 13.6. The number of hydrogen-bond acceptors (Lipinski definition) is 5. The number of guanidine groups is 1. The van der Waals surface area contributed by atoms with E-state index in [0.717, 1.165) is 71.4 Å². The summed E-state index contributed by atoms with van der Waals surface area (Å²) in [6, 6.07) is 8.60. The number of hydrogen-bond donors (Lipinski definition) is 2. The van der Waals surface area contributed by atoms with Crippen molar-refractivity contribution in [1.82, 2.24) is 15.5 Å². The normalized spacial score (nSPS) is 19.0. The molecule has 0 aromatic heterocycles. The van der Waals surface area contributed by atoms with Gasteiger partial charge < -0.3 is 24.8 Å². The van der Waals surface area contributed by atoms with Crippen LogP contribution in [-0.2, 0) is 27.4 Å². The Labute approximate surface area is 204 Å². The first-order valence-electron chi connectivity index (χ1n) is 11.1. The highest BCUT2D eigenvalue weighted by Crippen LogP contribution is 2.15. The second-order valence-corrected chi connectivity index (χ2v) is 8.63. The summed E-state index contributed by atoms with van der Waals surface area (Å²) in [5.41, 5.74) is 2.48. The number of morpholine rings is 1. The molecule has 2 N–H and O–H groups in total. The molecule has 8 heteroatoms. The fraction of sp³-hybridized carbons (Fsp3) is 0.696. The molecule has 0 bridgehead atoms. The quantitative estimate of drug-likeness (QED) is 0.297. The molecule has 31 heavy (non-hydrogen) atoms. The summed E-state index contributed by atoms with van der Waals surface area (Å²) in [6.07, 6.45) is 2.32. The summed E-state index contributed by atoms with van der Waals surface area (Å²) in [6.45, 7) is 12.0. The van der Waals surface area contributed by atoms with Crippen LogP contribution in [0.2, 0.25) is 0 Å². The van der Waals surface area contributed by atoms with Gasteiger partial charge in [-0.25, -0.2) is 0 Å². The molecule has 2 fully saturated rings. The maximum Gasteiger partial charge on any atom is 0.191 e. The largest absolute Gasteiger partial charge is 0.381 e. The predicted molar refractivity (Wildman–Crippen MR) is 135 cm³/mol. The van der Waals surface area contributed by atoms with Crippen LogP contribution in [0.5, 0.6) is 0 Å². The number of ether oxygens (including phenoxy) is 3. The van der Waals surface area contributed by atoms with Gasteiger partial charge in [0.1, 0.15) is 0 Å². The van der Waals surface area contributed by atoms with Crippen LogP contribution in [0.4, 0.5) is 0 Å². The molecule has 1 aromatic rings. The summed E-state index contributed by atoms with van der Waals surface area (Å²) < 4.78 is 16.9. The lowest BCUT2D eigenvalue weighted by molar-refractivity contribution is -0.0390. The lowest BCUT2D eigenvalue weighted by Crippen LogP contribution is -2.56. The maximum absolute atomic E-state index is 6.00. The minimum atomic E-state index is 0. The number of rotatable bonds is 8. The molecular weight excluding hydrogens is 507 g/mol. The standard InChI is InChI=1S/C23H38N4O3.HI/c1-23(2,27-10-14-29-15-11-27)18-26-22(24-3)25-16-19-4-6-20(7-5-19)17-30-21-8-12-28-13-9-21;/h4-7,21H,8-18H2,1-3H3,(H2,24,25,26);1H. The van der Waals surface area contributed by atoms with E-state index < -0.39 is 0 Å². The van der Waals surface area contributed by atoms with E-state index in [1.54, 1.807) is 0 Å². The SMILES string of the molecule is CN=C(NCc1ccc(COC2CCOCC2)cc1)NCC(C)(C)N1CCOCC1.I. The van der Waals surface area contributed by atoms with Crippen molar-refractivity contribution in [2.45, 2.75) is 51.5 Å². The topological polar surface area (TPSA) is 67.4 Å². The van der Waals surface area contributed by atoms with Gasteiger partial charge in [-0.2, -0.15) is 0 Å². The number of nitrogens with one attached hydrogen (secondary N) is 2. The van der Waals surface area contributed by atoms with E-state index in [1.807, 2.05) is 7.05 Å². The van der Waals surface area contributed by atoms with Crippen LogP contribution in [-0.4, -0.2) is 75.6 Å². The van der Waals surface area contributed by atoms with E-state index in [9.17, 15) is 0 Å². The van der Waals surface area contributed by atoms with E-state index in [1.165, 1.54) is 11.1 Å². The highest BCUT2D eigenvalue weighted by atomic mass is 127. The Balaban J connectivity index is 0.00000341. The van der Waals surface area contributed by atoms with Gasteiger partial charge in [-0.05, 0) is 37.8 Å². The van der Waals surface area contributed by atoms with Crippen molar-refractivity contribution in [3.05, 3.63) is 35.4 Å². The molecule has 0 radical (unpaired) electrons. The summed E-state index contributed by atoms with van der Waals surface area (Å²) in [5.74, 6) is 0.822. The summed E-state index contributed by atoms with van der Waals surface area (Å²) in [5, 5.41) is 6.89. The van der Waals surface area contributed by atoms with E-state index in [2.05, 4.69) is 58.6 Å². The fourth-order valence-corrected chi connectivity index (χ4v) is 3.80. The van der Waals surface area contributed by atoms with Crippen molar-refractivity contribution in [3.8, 4) is 0 Å². The van der Waals surface area contributed by atoms with Crippen LogP contribution in [0.15, 0.2) is 29.3 Å². The van der Waals surface area contributed by atoms with Crippen molar-refractivity contribution in [1.29, 1.82) is 0 Å².